The van der Waals surface area contributed by atoms with Gasteiger partial charge in [0.1, 0.15) is 5.78 Å². The molecule has 0 aliphatic heterocycles. The molecule has 3 aliphatic carbocycles. The lowest BCUT2D eigenvalue weighted by Crippen LogP contribution is -2.35. The number of rotatable bonds is 0. The van der Waals surface area contributed by atoms with Crippen molar-refractivity contribution in [1.29, 1.82) is 0 Å². The molecule has 0 spiro atoms. The van der Waals surface area contributed by atoms with Crippen molar-refractivity contribution in [2.75, 3.05) is 0 Å². The molecule has 0 bridgehead atoms. The smallest absolute Gasteiger partial charge is 0.139 e. The quantitative estimate of drug-likeness (QED) is 0.593. The molecule has 0 aromatic rings. The van der Waals surface area contributed by atoms with Gasteiger partial charge in [0.05, 0.1) is 0 Å². The Bertz CT molecular complexity index is 343. The molecule has 15 heavy (non-hydrogen) atoms. The summed E-state index contributed by atoms with van der Waals surface area (Å²) < 4.78 is 0. The van der Waals surface area contributed by atoms with E-state index in [4.69, 9.17) is 0 Å². The van der Waals surface area contributed by atoms with Crippen molar-refractivity contribution in [2.45, 2.75) is 53.4 Å². The molecule has 1 heteroatoms. The van der Waals surface area contributed by atoms with Crippen molar-refractivity contribution in [3.05, 3.63) is 0 Å². The highest BCUT2D eigenvalue weighted by atomic mass is 16.1. The lowest BCUT2D eigenvalue weighted by atomic mass is 9.68. The number of fused-ring (bicyclic) bond motifs is 3. The summed E-state index contributed by atoms with van der Waals surface area (Å²) in [6, 6.07) is 0. The van der Waals surface area contributed by atoms with E-state index in [9.17, 15) is 4.79 Å². The second-order valence-corrected chi connectivity index (χ2v) is 7.49. The van der Waals surface area contributed by atoms with Crippen LogP contribution in [0.4, 0.5) is 0 Å². The summed E-state index contributed by atoms with van der Waals surface area (Å²) in [5.41, 5.74) is 0.905. The Hall–Kier alpha value is -0.330. The predicted octanol–water partition coefficient (Wildman–Crippen LogP) is 3.43. The van der Waals surface area contributed by atoms with Crippen molar-refractivity contribution < 1.29 is 4.79 Å². The van der Waals surface area contributed by atoms with E-state index >= 15 is 0 Å². The molecule has 0 saturated heterocycles. The molecule has 3 rings (SSSR count). The monoisotopic (exact) mass is 206 g/mol. The molecule has 0 aromatic heterocycles. The van der Waals surface area contributed by atoms with Gasteiger partial charge in [0.25, 0.3) is 0 Å². The third-order valence-corrected chi connectivity index (χ3v) is 5.89. The lowest BCUT2D eigenvalue weighted by molar-refractivity contribution is -0.129. The average Bonchev–Trinajstić information content (AvgIpc) is 2.51. The van der Waals surface area contributed by atoms with Gasteiger partial charge in [-0.1, -0.05) is 27.7 Å². The SMILES string of the molecule is CC1(C)C[C@H]2CC(=O)[C@]3(C)C[C@]3(C)[C@H]2C1. The second kappa shape index (κ2) is 2.33. The van der Waals surface area contributed by atoms with E-state index in [0.717, 1.165) is 18.8 Å². The van der Waals surface area contributed by atoms with Gasteiger partial charge in [0.15, 0.2) is 0 Å². The first-order valence-corrected chi connectivity index (χ1v) is 6.32. The molecule has 84 valence electrons. The van der Waals surface area contributed by atoms with Crippen molar-refractivity contribution in [3.63, 3.8) is 0 Å². The zero-order valence-corrected chi connectivity index (χ0v) is 10.4. The Kier molecular flexibility index (Phi) is 1.53. The van der Waals surface area contributed by atoms with E-state index in [-0.39, 0.29) is 5.41 Å². The second-order valence-electron chi connectivity index (χ2n) is 7.49. The average molecular weight is 206 g/mol. The summed E-state index contributed by atoms with van der Waals surface area (Å²) in [5.74, 6) is 2.09. The Labute approximate surface area is 92.6 Å². The standard InChI is InChI=1S/C14H22O/c1-12(2)6-9-5-11(15)14(4)8-13(14,3)10(9)7-12/h9-10H,5-8H2,1-4H3/t9-,10+,13-,14+/m1/s1. The number of ketones is 1. The van der Waals surface area contributed by atoms with Crippen molar-refractivity contribution >= 4 is 5.78 Å². The van der Waals surface area contributed by atoms with E-state index in [1.807, 2.05) is 0 Å². The molecule has 3 saturated carbocycles. The molecular weight excluding hydrogens is 184 g/mol. The van der Waals surface area contributed by atoms with Crippen LogP contribution in [0.2, 0.25) is 0 Å². The van der Waals surface area contributed by atoms with Gasteiger partial charge in [-0.05, 0) is 41.9 Å². The molecule has 4 atom stereocenters. The van der Waals surface area contributed by atoms with E-state index in [1.54, 1.807) is 0 Å². The Morgan fingerprint density at radius 3 is 2.47 bits per heavy atom. The maximum Gasteiger partial charge on any atom is 0.139 e. The van der Waals surface area contributed by atoms with E-state index in [1.165, 1.54) is 12.8 Å². The van der Waals surface area contributed by atoms with Crippen LogP contribution >= 0.6 is 0 Å². The fraction of sp³-hybridized carbons (Fsp3) is 0.929. The van der Waals surface area contributed by atoms with E-state index < -0.39 is 0 Å². The normalized spacial score (nSPS) is 56.1. The maximum atomic E-state index is 12.1. The van der Waals surface area contributed by atoms with Gasteiger partial charge in [0.2, 0.25) is 0 Å². The van der Waals surface area contributed by atoms with Gasteiger partial charge in [0, 0.05) is 11.8 Å². The highest BCUT2D eigenvalue weighted by Gasteiger charge is 2.73. The number of carbonyl (C=O) groups excluding carboxylic acids is 1. The van der Waals surface area contributed by atoms with Crippen LogP contribution in [0.25, 0.3) is 0 Å². The Morgan fingerprint density at radius 1 is 1.13 bits per heavy atom. The first-order chi connectivity index (χ1) is 6.79. The molecule has 0 heterocycles. The van der Waals surface area contributed by atoms with Crippen molar-refractivity contribution in [1.82, 2.24) is 0 Å². The molecule has 0 aromatic carbocycles. The first kappa shape index (κ1) is 9.86. The number of hydrogen-bond donors (Lipinski definition) is 0. The summed E-state index contributed by atoms with van der Waals surface area (Å²) in [4.78, 5) is 12.1. The van der Waals surface area contributed by atoms with Gasteiger partial charge in [-0.25, -0.2) is 0 Å². The van der Waals surface area contributed by atoms with Gasteiger partial charge >= 0.3 is 0 Å². The number of carbonyl (C=O) groups is 1. The molecule has 1 nitrogen and oxygen atoms in total. The van der Waals surface area contributed by atoms with Crippen LogP contribution < -0.4 is 0 Å². The molecule has 0 radical (unpaired) electrons. The molecule has 0 unspecified atom stereocenters. The third-order valence-electron chi connectivity index (χ3n) is 5.89. The first-order valence-electron chi connectivity index (χ1n) is 6.32. The fourth-order valence-electron chi connectivity index (χ4n) is 4.77. The van der Waals surface area contributed by atoms with Crippen molar-refractivity contribution in [2.24, 2.45) is 28.1 Å². The number of Topliss-reactive ketones (excluding diaryl/α,β-unsaturated/α-hetero) is 1. The number of hydrogen-bond acceptors (Lipinski definition) is 1. The van der Waals surface area contributed by atoms with Crippen LogP contribution in [0, 0.1) is 28.1 Å². The highest BCUT2D eigenvalue weighted by Crippen LogP contribution is 2.76. The van der Waals surface area contributed by atoms with Gasteiger partial charge in [-0.3, -0.25) is 4.79 Å². The summed E-state index contributed by atoms with van der Waals surface area (Å²) in [6.45, 7) is 9.32. The predicted molar refractivity (Wildman–Crippen MR) is 60.5 cm³/mol. The van der Waals surface area contributed by atoms with E-state index in [2.05, 4.69) is 27.7 Å². The minimum Gasteiger partial charge on any atom is -0.299 e. The van der Waals surface area contributed by atoms with Crippen LogP contribution in [0.15, 0.2) is 0 Å². The van der Waals surface area contributed by atoms with Crippen LogP contribution in [0.5, 0.6) is 0 Å². The zero-order valence-electron chi connectivity index (χ0n) is 10.4. The Morgan fingerprint density at radius 2 is 1.80 bits per heavy atom. The Balaban J connectivity index is 1.96. The molecule has 3 fully saturated rings. The van der Waals surface area contributed by atoms with E-state index in [0.29, 0.717) is 22.5 Å². The van der Waals surface area contributed by atoms with Crippen LogP contribution in [-0.4, -0.2) is 5.78 Å². The van der Waals surface area contributed by atoms with Crippen molar-refractivity contribution in [3.8, 4) is 0 Å². The van der Waals surface area contributed by atoms with Gasteiger partial charge in [-0.2, -0.15) is 0 Å². The minimum atomic E-state index is 0.0641. The maximum absolute atomic E-state index is 12.1. The summed E-state index contributed by atoms with van der Waals surface area (Å²) in [6.07, 6.45) is 4.66. The van der Waals surface area contributed by atoms with Crippen LogP contribution in [-0.2, 0) is 4.79 Å². The van der Waals surface area contributed by atoms with Crippen LogP contribution in [0.1, 0.15) is 53.4 Å². The topological polar surface area (TPSA) is 17.1 Å². The molecule has 0 N–H and O–H groups in total. The zero-order chi connectivity index (χ0) is 11.1. The highest BCUT2D eigenvalue weighted by molar-refractivity contribution is 5.90. The van der Waals surface area contributed by atoms with Gasteiger partial charge in [-0.15, -0.1) is 0 Å². The summed E-state index contributed by atoms with van der Waals surface area (Å²) in [5, 5.41) is 0. The minimum absolute atomic E-state index is 0.0641. The largest absolute Gasteiger partial charge is 0.299 e. The summed E-state index contributed by atoms with van der Waals surface area (Å²) >= 11 is 0. The molecular formula is C14H22O. The molecule has 3 aliphatic rings. The summed E-state index contributed by atoms with van der Waals surface area (Å²) in [7, 11) is 0. The van der Waals surface area contributed by atoms with Gasteiger partial charge < -0.3 is 0 Å². The third kappa shape index (κ3) is 1.02. The fourth-order valence-corrected chi connectivity index (χ4v) is 4.77. The molecule has 0 amide bonds. The lowest BCUT2D eigenvalue weighted by Gasteiger charge is -2.34. The van der Waals surface area contributed by atoms with Crippen LogP contribution in [0.3, 0.4) is 0 Å².